The van der Waals surface area contributed by atoms with Crippen molar-refractivity contribution in [1.29, 1.82) is 0 Å². The summed E-state index contributed by atoms with van der Waals surface area (Å²) in [5.41, 5.74) is 3.58. The van der Waals surface area contributed by atoms with Crippen molar-refractivity contribution in [2.75, 3.05) is 26.4 Å². The summed E-state index contributed by atoms with van der Waals surface area (Å²) >= 11 is 0. The highest BCUT2D eigenvalue weighted by Gasteiger charge is 2.42. The van der Waals surface area contributed by atoms with Crippen LogP contribution in [0.4, 0.5) is 4.79 Å². The van der Waals surface area contributed by atoms with E-state index in [9.17, 15) is 19.5 Å². The molecule has 0 radical (unpaired) electrons. The summed E-state index contributed by atoms with van der Waals surface area (Å²) in [4.78, 5) is 37.4. The third-order valence-electron chi connectivity index (χ3n) is 7.07. The van der Waals surface area contributed by atoms with Crippen LogP contribution in [0.5, 0.6) is 0 Å². The Morgan fingerprint density at radius 1 is 1.03 bits per heavy atom. The second kappa shape index (κ2) is 10.5. The number of nitrogens with one attached hydrogen (secondary N) is 2. The maximum atomic E-state index is 13.2. The van der Waals surface area contributed by atoms with Crippen molar-refractivity contribution >= 4 is 18.0 Å². The van der Waals surface area contributed by atoms with Gasteiger partial charge in [-0.3, -0.25) is 4.79 Å². The maximum absolute atomic E-state index is 13.2. The third kappa shape index (κ3) is 5.17. The molecule has 1 saturated heterocycles. The summed E-state index contributed by atoms with van der Waals surface area (Å²) in [6, 6.07) is 15.2. The van der Waals surface area contributed by atoms with Crippen LogP contribution in [0.15, 0.2) is 48.5 Å². The molecule has 1 unspecified atom stereocenters. The Morgan fingerprint density at radius 3 is 2.14 bits per heavy atom. The number of hydrogen-bond acceptors (Lipinski definition) is 5. The van der Waals surface area contributed by atoms with Crippen LogP contribution >= 0.6 is 0 Å². The number of carbonyl (C=O) groups excluding carboxylic acids is 2. The van der Waals surface area contributed by atoms with E-state index in [4.69, 9.17) is 9.47 Å². The SMILES string of the molecule is CC(C)C(NC(=O)C1(CNC(=O)OCC2c3ccccc3-c3ccccc32)CCOCC1)C(=O)O. The number of benzene rings is 2. The van der Waals surface area contributed by atoms with E-state index in [1.807, 2.05) is 24.3 Å². The topological polar surface area (TPSA) is 114 Å². The Bertz CT molecular complexity index is 1050. The molecule has 0 saturated carbocycles. The van der Waals surface area contributed by atoms with Crippen molar-refractivity contribution < 1.29 is 29.0 Å². The highest BCUT2D eigenvalue weighted by Crippen LogP contribution is 2.44. The van der Waals surface area contributed by atoms with Crippen molar-refractivity contribution in [2.45, 2.75) is 38.6 Å². The first-order chi connectivity index (χ1) is 16.8. The smallest absolute Gasteiger partial charge is 0.407 e. The molecule has 8 heteroatoms. The molecule has 1 heterocycles. The maximum Gasteiger partial charge on any atom is 0.407 e. The van der Waals surface area contributed by atoms with Gasteiger partial charge in [-0.15, -0.1) is 0 Å². The van der Waals surface area contributed by atoms with Crippen molar-refractivity contribution in [3.8, 4) is 11.1 Å². The number of amides is 2. The predicted octanol–water partition coefficient (Wildman–Crippen LogP) is 3.55. The fraction of sp³-hybridized carbons (Fsp3) is 0.444. The van der Waals surface area contributed by atoms with Crippen LogP contribution in [0.25, 0.3) is 11.1 Å². The van der Waals surface area contributed by atoms with Crippen LogP contribution in [0.2, 0.25) is 0 Å². The fourth-order valence-electron chi connectivity index (χ4n) is 4.94. The summed E-state index contributed by atoms with van der Waals surface area (Å²) < 4.78 is 11.0. The summed E-state index contributed by atoms with van der Waals surface area (Å²) in [6.07, 6.45) is 0.156. The van der Waals surface area contributed by atoms with Gasteiger partial charge in [-0.05, 0) is 41.0 Å². The zero-order valence-electron chi connectivity index (χ0n) is 20.1. The first kappa shape index (κ1) is 24.7. The van der Waals surface area contributed by atoms with Crippen LogP contribution in [0, 0.1) is 11.3 Å². The lowest BCUT2D eigenvalue weighted by molar-refractivity contribution is -0.147. The average molecular weight is 481 g/mol. The van der Waals surface area contributed by atoms with Gasteiger partial charge in [0.2, 0.25) is 5.91 Å². The van der Waals surface area contributed by atoms with Gasteiger partial charge in [-0.2, -0.15) is 0 Å². The Kier molecular flexibility index (Phi) is 7.40. The van der Waals surface area contributed by atoms with E-state index in [0.717, 1.165) is 22.3 Å². The molecule has 2 aromatic rings. The summed E-state index contributed by atoms with van der Waals surface area (Å²) in [5, 5.41) is 14.9. The molecule has 0 aromatic heterocycles. The molecule has 8 nitrogen and oxygen atoms in total. The van der Waals surface area contributed by atoms with Crippen molar-refractivity contribution in [3.63, 3.8) is 0 Å². The zero-order valence-corrected chi connectivity index (χ0v) is 20.1. The highest BCUT2D eigenvalue weighted by atomic mass is 16.5. The zero-order chi connectivity index (χ0) is 25.0. The van der Waals surface area contributed by atoms with Crippen molar-refractivity contribution in [1.82, 2.24) is 10.6 Å². The minimum Gasteiger partial charge on any atom is -0.480 e. The molecule has 35 heavy (non-hydrogen) atoms. The van der Waals surface area contributed by atoms with Gasteiger partial charge in [0, 0.05) is 25.7 Å². The fourth-order valence-corrected chi connectivity index (χ4v) is 4.94. The Morgan fingerprint density at radius 2 is 1.60 bits per heavy atom. The average Bonchev–Trinajstić information content (AvgIpc) is 3.18. The number of fused-ring (bicyclic) bond motifs is 3. The summed E-state index contributed by atoms with van der Waals surface area (Å²) in [7, 11) is 0. The minimum atomic E-state index is -1.08. The van der Waals surface area contributed by atoms with Crippen LogP contribution in [0.1, 0.15) is 43.7 Å². The lowest BCUT2D eigenvalue weighted by atomic mass is 9.78. The van der Waals surface area contributed by atoms with Crippen LogP contribution in [0.3, 0.4) is 0 Å². The number of rotatable bonds is 8. The van der Waals surface area contributed by atoms with E-state index in [-0.39, 0.29) is 30.9 Å². The molecule has 4 rings (SSSR count). The third-order valence-corrected chi connectivity index (χ3v) is 7.07. The summed E-state index contributed by atoms with van der Waals surface area (Å²) in [5.74, 6) is -1.81. The van der Waals surface area contributed by atoms with E-state index in [0.29, 0.717) is 26.1 Å². The van der Waals surface area contributed by atoms with Gasteiger partial charge in [-0.1, -0.05) is 62.4 Å². The second-order valence-corrected chi connectivity index (χ2v) is 9.61. The number of aliphatic carboxylic acids is 1. The molecule has 0 bridgehead atoms. The lowest BCUT2D eigenvalue weighted by Gasteiger charge is -2.37. The van der Waals surface area contributed by atoms with Gasteiger partial charge < -0.3 is 25.2 Å². The number of carboxylic acids is 1. The molecule has 1 fully saturated rings. The molecule has 2 amide bonds. The predicted molar refractivity (Wildman–Crippen MR) is 130 cm³/mol. The van der Waals surface area contributed by atoms with Gasteiger partial charge >= 0.3 is 12.1 Å². The van der Waals surface area contributed by atoms with E-state index in [1.165, 1.54) is 0 Å². The molecule has 1 aliphatic carbocycles. The lowest BCUT2D eigenvalue weighted by Crippen LogP contribution is -2.56. The number of hydrogen-bond donors (Lipinski definition) is 3. The van der Waals surface area contributed by atoms with E-state index in [2.05, 4.69) is 34.9 Å². The Balaban J connectivity index is 1.40. The number of alkyl carbamates (subject to hydrolysis) is 1. The molecular weight excluding hydrogens is 448 g/mol. The number of carbonyl (C=O) groups is 3. The van der Waals surface area contributed by atoms with Gasteiger partial charge in [0.1, 0.15) is 12.6 Å². The van der Waals surface area contributed by atoms with Gasteiger partial charge in [0.25, 0.3) is 0 Å². The molecule has 0 spiro atoms. The van der Waals surface area contributed by atoms with E-state index >= 15 is 0 Å². The van der Waals surface area contributed by atoms with Crippen molar-refractivity contribution in [3.05, 3.63) is 59.7 Å². The van der Waals surface area contributed by atoms with Gasteiger partial charge in [0.05, 0.1) is 5.41 Å². The molecule has 1 atom stereocenters. The van der Waals surface area contributed by atoms with Crippen LogP contribution in [-0.4, -0.2) is 55.5 Å². The second-order valence-electron chi connectivity index (χ2n) is 9.61. The normalized spacial score (nSPS) is 17.2. The summed E-state index contributed by atoms with van der Waals surface area (Å²) in [6.45, 7) is 4.42. The number of carboxylic acid groups (broad SMARTS) is 1. The van der Waals surface area contributed by atoms with E-state index < -0.39 is 23.5 Å². The standard InChI is InChI=1S/C27H32N2O6/c1-17(2)23(24(30)31)29-25(32)27(11-13-34-14-12-27)16-28-26(33)35-15-22-20-9-5-3-7-18(20)19-8-4-6-10-21(19)22/h3-10,17,22-23H,11-16H2,1-2H3,(H,28,33)(H,29,32)(H,30,31). The first-order valence-corrected chi connectivity index (χ1v) is 12.0. The molecule has 2 aliphatic rings. The quantitative estimate of drug-likeness (QED) is 0.533. The molecule has 3 N–H and O–H groups in total. The first-order valence-electron chi connectivity index (χ1n) is 12.0. The molecule has 2 aromatic carbocycles. The number of ether oxygens (including phenoxy) is 2. The highest BCUT2D eigenvalue weighted by molar-refractivity contribution is 5.88. The van der Waals surface area contributed by atoms with Crippen LogP contribution < -0.4 is 10.6 Å². The van der Waals surface area contributed by atoms with Crippen LogP contribution in [-0.2, 0) is 19.1 Å². The minimum absolute atomic E-state index is 0.0449. The Hall–Kier alpha value is -3.39. The Labute approximate surface area is 205 Å². The van der Waals surface area contributed by atoms with Crippen molar-refractivity contribution in [2.24, 2.45) is 11.3 Å². The largest absolute Gasteiger partial charge is 0.480 e. The van der Waals surface area contributed by atoms with Gasteiger partial charge in [0.15, 0.2) is 0 Å². The monoisotopic (exact) mass is 480 g/mol. The molecule has 186 valence electrons. The molecular formula is C27H32N2O6. The van der Waals surface area contributed by atoms with Gasteiger partial charge in [-0.25, -0.2) is 9.59 Å². The molecule has 1 aliphatic heterocycles. The van der Waals surface area contributed by atoms with E-state index in [1.54, 1.807) is 13.8 Å².